The molecule has 0 amide bonds. The van der Waals surface area contributed by atoms with Crippen molar-refractivity contribution in [2.45, 2.75) is 44.6 Å². The van der Waals surface area contributed by atoms with Crippen molar-refractivity contribution in [2.75, 3.05) is 7.05 Å². The van der Waals surface area contributed by atoms with Crippen LogP contribution in [-0.2, 0) is 6.54 Å². The Labute approximate surface area is 84.1 Å². The molecule has 0 atom stereocenters. The van der Waals surface area contributed by atoms with Crippen LogP contribution in [0.25, 0.3) is 0 Å². The van der Waals surface area contributed by atoms with E-state index >= 15 is 0 Å². The topological polar surface area (TPSA) is 51.0 Å². The van der Waals surface area contributed by atoms with E-state index in [9.17, 15) is 0 Å². The van der Waals surface area contributed by atoms with E-state index < -0.39 is 0 Å². The van der Waals surface area contributed by atoms with Crippen molar-refractivity contribution in [1.82, 2.24) is 15.5 Å². The largest absolute Gasteiger partial charge is 0.338 e. The van der Waals surface area contributed by atoms with Gasteiger partial charge >= 0.3 is 0 Å². The van der Waals surface area contributed by atoms with Gasteiger partial charge in [-0.05, 0) is 19.9 Å². The van der Waals surface area contributed by atoms with Gasteiger partial charge in [-0.1, -0.05) is 24.4 Å². The van der Waals surface area contributed by atoms with E-state index in [0.29, 0.717) is 18.4 Å². The number of nitrogens with zero attached hydrogens (tertiary/aromatic N) is 2. The molecular weight excluding hydrogens is 178 g/mol. The summed E-state index contributed by atoms with van der Waals surface area (Å²) >= 11 is 0. The van der Waals surface area contributed by atoms with Crippen LogP contribution >= 0.6 is 0 Å². The van der Waals surface area contributed by atoms with Gasteiger partial charge in [-0.3, -0.25) is 0 Å². The molecule has 0 spiro atoms. The van der Waals surface area contributed by atoms with Crippen LogP contribution in [0.3, 0.4) is 0 Å². The van der Waals surface area contributed by atoms with Gasteiger partial charge in [0.25, 0.3) is 0 Å². The summed E-state index contributed by atoms with van der Waals surface area (Å²) in [6.45, 7) is 0.666. The molecule has 1 aliphatic rings. The molecule has 1 heterocycles. The van der Waals surface area contributed by atoms with Crippen molar-refractivity contribution in [1.29, 1.82) is 0 Å². The minimum absolute atomic E-state index is 0.540. The minimum atomic E-state index is 0.540. The summed E-state index contributed by atoms with van der Waals surface area (Å²) < 4.78 is 5.13. The molecule has 2 rings (SSSR count). The van der Waals surface area contributed by atoms with Crippen LogP contribution in [0.5, 0.6) is 0 Å². The second kappa shape index (κ2) is 4.55. The summed E-state index contributed by atoms with van der Waals surface area (Å²) in [5, 5.41) is 7.04. The first-order valence-corrected chi connectivity index (χ1v) is 5.37. The van der Waals surface area contributed by atoms with Crippen molar-refractivity contribution < 1.29 is 4.52 Å². The highest BCUT2D eigenvalue weighted by molar-refractivity contribution is 4.96. The molecule has 1 aliphatic carbocycles. The molecule has 14 heavy (non-hydrogen) atoms. The third kappa shape index (κ3) is 2.12. The minimum Gasteiger partial charge on any atom is -0.338 e. The maximum atomic E-state index is 5.13. The zero-order valence-corrected chi connectivity index (χ0v) is 8.62. The molecule has 1 saturated carbocycles. The third-order valence-corrected chi connectivity index (χ3v) is 2.78. The first-order valence-electron chi connectivity index (χ1n) is 5.37. The lowest BCUT2D eigenvalue weighted by Gasteiger charge is -2.17. The zero-order valence-electron chi connectivity index (χ0n) is 8.62. The quantitative estimate of drug-likeness (QED) is 0.799. The van der Waals surface area contributed by atoms with Gasteiger partial charge in [0, 0.05) is 5.92 Å². The summed E-state index contributed by atoms with van der Waals surface area (Å²) in [6.07, 6.45) is 6.41. The summed E-state index contributed by atoms with van der Waals surface area (Å²) in [5.41, 5.74) is 0. The molecule has 0 saturated heterocycles. The molecule has 4 nitrogen and oxygen atoms in total. The van der Waals surface area contributed by atoms with E-state index in [1.165, 1.54) is 32.1 Å². The Bertz CT molecular complexity index is 279. The van der Waals surface area contributed by atoms with E-state index in [-0.39, 0.29) is 0 Å². The van der Waals surface area contributed by atoms with Crippen LogP contribution < -0.4 is 5.32 Å². The van der Waals surface area contributed by atoms with E-state index in [1.54, 1.807) is 0 Å². The molecular formula is C10H17N3O. The first kappa shape index (κ1) is 9.65. The zero-order chi connectivity index (χ0) is 9.80. The number of aromatic nitrogens is 2. The Hall–Kier alpha value is -0.900. The standard InChI is InChI=1S/C10H17N3O/c1-11-7-9-12-10(13-14-9)8-5-3-2-4-6-8/h8,11H,2-7H2,1H3. The van der Waals surface area contributed by atoms with E-state index in [4.69, 9.17) is 4.52 Å². The average molecular weight is 195 g/mol. The van der Waals surface area contributed by atoms with Crippen molar-refractivity contribution in [2.24, 2.45) is 0 Å². The van der Waals surface area contributed by atoms with Crippen LogP contribution in [0.1, 0.15) is 49.7 Å². The number of rotatable bonds is 3. The van der Waals surface area contributed by atoms with Gasteiger partial charge in [0.05, 0.1) is 6.54 Å². The van der Waals surface area contributed by atoms with Crippen LogP contribution in [-0.4, -0.2) is 17.2 Å². The van der Waals surface area contributed by atoms with Crippen molar-refractivity contribution >= 4 is 0 Å². The van der Waals surface area contributed by atoms with Gasteiger partial charge in [-0.25, -0.2) is 0 Å². The SMILES string of the molecule is CNCc1nc(C2CCCCC2)no1. The Morgan fingerprint density at radius 2 is 2.14 bits per heavy atom. The van der Waals surface area contributed by atoms with E-state index in [0.717, 1.165) is 5.82 Å². The molecule has 1 aromatic rings. The van der Waals surface area contributed by atoms with Crippen molar-refractivity contribution in [3.05, 3.63) is 11.7 Å². The van der Waals surface area contributed by atoms with Gasteiger partial charge in [0.1, 0.15) is 0 Å². The lowest BCUT2D eigenvalue weighted by Crippen LogP contribution is -2.08. The van der Waals surface area contributed by atoms with Gasteiger partial charge in [-0.2, -0.15) is 4.98 Å². The number of hydrogen-bond acceptors (Lipinski definition) is 4. The summed E-state index contributed by atoms with van der Waals surface area (Å²) in [5.74, 6) is 2.15. The van der Waals surface area contributed by atoms with E-state index in [2.05, 4.69) is 15.5 Å². The molecule has 1 N–H and O–H groups in total. The molecule has 1 fully saturated rings. The smallest absolute Gasteiger partial charge is 0.240 e. The Kier molecular flexibility index (Phi) is 3.14. The van der Waals surface area contributed by atoms with Crippen molar-refractivity contribution in [3.63, 3.8) is 0 Å². The summed E-state index contributed by atoms with van der Waals surface area (Å²) in [4.78, 5) is 4.38. The number of nitrogens with one attached hydrogen (secondary N) is 1. The normalized spacial score (nSPS) is 18.6. The van der Waals surface area contributed by atoms with Crippen LogP contribution in [0.4, 0.5) is 0 Å². The van der Waals surface area contributed by atoms with Gasteiger partial charge < -0.3 is 9.84 Å². The highest BCUT2D eigenvalue weighted by Crippen LogP contribution is 2.30. The second-order valence-electron chi connectivity index (χ2n) is 3.91. The molecule has 1 aromatic heterocycles. The second-order valence-corrected chi connectivity index (χ2v) is 3.91. The molecule has 4 heteroatoms. The van der Waals surface area contributed by atoms with Gasteiger partial charge in [0.2, 0.25) is 5.89 Å². The lowest BCUT2D eigenvalue weighted by molar-refractivity contribution is 0.353. The predicted molar refractivity (Wildman–Crippen MR) is 52.9 cm³/mol. The lowest BCUT2D eigenvalue weighted by atomic mass is 9.89. The fraction of sp³-hybridized carbons (Fsp3) is 0.800. The molecule has 0 aliphatic heterocycles. The molecule has 0 radical (unpaired) electrons. The highest BCUT2D eigenvalue weighted by Gasteiger charge is 2.20. The highest BCUT2D eigenvalue weighted by atomic mass is 16.5. The first-order chi connectivity index (χ1) is 6.90. The number of hydrogen-bond donors (Lipinski definition) is 1. The molecule has 0 bridgehead atoms. The molecule has 0 unspecified atom stereocenters. The average Bonchev–Trinajstić information content (AvgIpc) is 2.68. The van der Waals surface area contributed by atoms with Crippen LogP contribution in [0, 0.1) is 0 Å². The van der Waals surface area contributed by atoms with Crippen LogP contribution in [0.15, 0.2) is 4.52 Å². The Morgan fingerprint density at radius 3 is 2.86 bits per heavy atom. The van der Waals surface area contributed by atoms with Gasteiger partial charge in [-0.15, -0.1) is 0 Å². The Morgan fingerprint density at radius 1 is 1.36 bits per heavy atom. The van der Waals surface area contributed by atoms with Gasteiger partial charge in [0.15, 0.2) is 5.82 Å². The molecule has 0 aromatic carbocycles. The fourth-order valence-electron chi connectivity index (χ4n) is 2.02. The Balaban J connectivity index is 2.00. The molecule has 78 valence electrons. The van der Waals surface area contributed by atoms with Crippen molar-refractivity contribution in [3.8, 4) is 0 Å². The predicted octanol–water partition coefficient (Wildman–Crippen LogP) is 1.84. The fourth-order valence-corrected chi connectivity index (χ4v) is 2.02. The third-order valence-electron chi connectivity index (χ3n) is 2.78. The van der Waals surface area contributed by atoms with E-state index in [1.807, 2.05) is 7.05 Å². The maximum Gasteiger partial charge on any atom is 0.240 e. The monoisotopic (exact) mass is 195 g/mol. The maximum absolute atomic E-state index is 5.13. The van der Waals surface area contributed by atoms with Crippen LogP contribution in [0.2, 0.25) is 0 Å². The summed E-state index contributed by atoms with van der Waals surface area (Å²) in [6, 6.07) is 0. The summed E-state index contributed by atoms with van der Waals surface area (Å²) in [7, 11) is 1.88.